The standard InChI is InChI=1S/C17H17BrN6O/c1-12-2-8-15(9-3-12)24-17(21-22-23-24)19-11-10-16(25)20-14-6-4-13(18)5-7-14/h2-9H,10-11H2,1H3,(H,20,25)(H,19,21,23). The molecule has 0 unspecified atom stereocenters. The minimum absolute atomic E-state index is 0.0795. The molecule has 0 fully saturated rings. The zero-order chi connectivity index (χ0) is 17.6. The molecule has 2 aromatic carbocycles. The van der Waals surface area contributed by atoms with E-state index in [9.17, 15) is 4.79 Å². The number of aromatic nitrogens is 4. The highest BCUT2D eigenvalue weighted by atomic mass is 79.9. The van der Waals surface area contributed by atoms with Gasteiger partial charge in [0, 0.05) is 23.1 Å². The molecule has 8 heteroatoms. The van der Waals surface area contributed by atoms with Gasteiger partial charge >= 0.3 is 0 Å². The number of anilines is 2. The normalized spacial score (nSPS) is 10.5. The van der Waals surface area contributed by atoms with Crippen LogP contribution in [0.25, 0.3) is 5.69 Å². The molecule has 0 aliphatic heterocycles. The first-order valence-electron chi connectivity index (χ1n) is 7.76. The first-order chi connectivity index (χ1) is 12.1. The van der Waals surface area contributed by atoms with E-state index >= 15 is 0 Å². The summed E-state index contributed by atoms with van der Waals surface area (Å²) in [6.07, 6.45) is 0.302. The molecule has 0 spiro atoms. The zero-order valence-corrected chi connectivity index (χ0v) is 15.2. The minimum atomic E-state index is -0.0795. The van der Waals surface area contributed by atoms with Gasteiger partial charge in [-0.05, 0) is 53.7 Å². The second-order valence-electron chi connectivity index (χ2n) is 5.48. The van der Waals surface area contributed by atoms with Crippen LogP contribution in [0.5, 0.6) is 0 Å². The first kappa shape index (κ1) is 17.1. The summed E-state index contributed by atoms with van der Waals surface area (Å²) in [5, 5.41) is 17.6. The molecule has 0 radical (unpaired) electrons. The Kier molecular flexibility index (Phi) is 5.39. The predicted octanol–water partition coefficient (Wildman–Crippen LogP) is 3.17. The highest BCUT2D eigenvalue weighted by Gasteiger charge is 2.09. The number of benzene rings is 2. The van der Waals surface area contributed by atoms with E-state index in [1.807, 2.05) is 55.5 Å². The molecule has 25 heavy (non-hydrogen) atoms. The van der Waals surface area contributed by atoms with Gasteiger partial charge in [-0.25, -0.2) is 0 Å². The van der Waals surface area contributed by atoms with Crippen molar-refractivity contribution in [1.82, 2.24) is 20.2 Å². The number of hydrogen-bond acceptors (Lipinski definition) is 5. The summed E-state index contributed by atoms with van der Waals surface area (Å²) in [4.78, 5) is 12.0. The molecule has 1 aromatic heterocycles. The van der Waals surface area contributed by atoms with Gasteiger partial charge in [0.15, 0.2) is 0 Å². The van der Waals surface area contributed by atoms with Crippen LogP contribution in [-0.4, -0.2) is 32.7 Å². The van der Waals surface area contributed by atoms with Crippen LogP contribution < -0.4 is 10.6 Å². The van der Waals surface area contributed by atoms with Gasteiger partial charge in [0.05, 0.1) is 5.69 Å². The average molecular weight is 401 g/mol. The summed E-state index contributed by atoms with van der Waals surface area (Å²) in [6.45, 7) is 2.45. The Morgan fingerprint density at radius 2 is 1.84 bits per heavy atom. The molecule has 3 aromatic rings. The average Bonchev–Trinajstić information content (AvgIpc) is 3.06. The molecular weight excluding hydrogens is 384 g/mol. The Morgan fingerprint density at radius 1 is 1.12 bits per heavy atom. The molecule has 0 atom stereocenters. The maximum absolute atomic E-state index is 12.0. The molecule has 128 valence electrons. The maximum Gasteiger partial charge on any atom is 0.247 e. The lowest BCUT2D eigenvalue weighted by Crippen LogP contribution is -2.17. The first-order valence-corrected chi connectivity index (χ1v) is 8.56. The van der Waals surface area contributed by atoms with Gasteiger partial charge in [0.2, 0.25) is 11.9 Å². The van der Waals surface area contributed by atoms with E-state index in [0.29, 0.717) is 18.9 Å². The van der Waals surface area contributed by atoms with Crippen LogP contribution in [0.3, 0.4) is 0 Å². The van der Waals surface area contributed by atoms with E-state index in [2.05, 4.69) is 42.1 Å². The smallest absolute Gasteiger partial charge is 0.247 e. The summed E-state index contributed by atoms with van der Waals surface area (Å²) < 4.78 is 2.57. The predicted molar refractivity (Wildman–Crippen MR) is 99.8 cm³/mol. The molecule has 0 bridgehead atoms. The highest BCUT2D eigenvalue weighted by Crippen LogP contribution is 2.15. The second-order valence-corrected chi connectivity index (χ2v) is 6.40. The number of carbonyl (C=O) groups is 1. The van der Waals surface area contributed by atoms with Gasteiger partial charge in [-0.2, -0.15) is 4.68 Å². The molecule has 1 amide bonds. The number of rotatable bonds is 6. The number of nitrogens with one attached hydrogen (secondary N) is 2. The second kappa shape index (κ2) is 7.89. The third kappa shape index (κ3) is 4.63. The Balaban J connectivity index is 1.54. The Hall–Kier alpha value is -2.74. The molecule has 2 N–H and O–H groups in total. The fourth-order valence-electron chi connectivity index (χ4n) is 2.20. The summed E-state index contributed by atoms with van der Waals surface area (Å²) in [6, 6.07) is 15.3. The number of hydrogen-bond donors (Lipinski definition) is 2. The van der Waals surface area contributed by atoms with Gasteiger partial charge < -0.3 is 10.6 Å². The highest BCUT2D eigenvalue weighted by molar-refractivity contribution is 9.10. The number of nitrogens with zero attached hydrogens (tertiary/aromatic N) is 4. The van der Waals surface area contributed by atoms with Crippen LogP contribution in [0.4, 0.5) is 11.6 Å². The lowest BCUT2D eigenvalue weighted by Gasteiger charge is -2.08. The molecule has 0 saturated heterocycles. The Bertz CT molecular complexity index is 844. The minimum Gasteiger partial charge on any atom is -0.352 e. The van der Waals surface area contributed by atoms with E-state index in [4.69, 9.17) is 0 Å². The molecule has 7 nitrogen and oxygen atoms in total. The fraction of sp³-hybridized carbons (Fsp3) is 0.176. The number of tetrazole rings is 1. The van der Waals surface area contributed by atoms with Crippen molar-refractivity contribution >= 4 is 33.5 Å². The fourth-order valence-corrected chi connectivity index (χ4v) is 2.47. The van der Waals surface area contributed by atoms with E-state index in [0.717, 1.165) is 21.4 Å². The van der Waals surface area contributed by atoms with Gasteiger partial charge in [0.25, 0.3) is 0 Å². The van der Waals surface area contributed by atoms with Crippen molar-refractivity contribution in [2.24, 2.45) is 0 Å². The topological polar surface area (TPSA) is 84.7 Å². The van der Waals surface area contributed by atoms with Crippen molar-refractivity contribution in [3.63, 3.8) is 0 Å². The molecule has 1 heterocycles. The quantitative estimate of drug-likeness (QED) is 0.663. The van der Waals surface area contributed by atoms with Crippen molar-refractivity contribution in [1.29, 1.82) is 0 Å². The van der Waals surface area contributed by atoms with E-state index in [1.54, 1.807) is 4.68 Å². The van der Waals surface area contributed by atoms with E-state index in [-0.39, 0.29) is 5.91 Å². The van der Waals surface area contributed by atoms with E-state index < -0.39 is 0 Å². The Morgan fingerprint density at radius 3 is 2.56 bits per heavy atom. The molecule has 3 rings (SSSR count). The van der Waals surface area contributed by atoms with Gasteiger partial charge in [-0.15, -0.1) is 0 Å². The third-order valence-electron chi connectivity index (χ3n) is 3.51. The maximum atomic E-state index is 12.0. The molecule has 0 saturated carbocycles. The summed E-state index contributed by atoms with van der Waals surface area (Å²) in [5.41, 5.74) is 2.78. The SMILES string of the molecule is Cc1ccc(-n2nnnc2NCCC(=O)Nc2ccc(Br)cc2)cc1. The van der Waals surface area contributed by atoms with Gasteiger partial charge in [-0.1, -0.05) is 38.7 Å². The van der Waals surface area contributed by atoms with Crippen molar-refractivity contribution < 1.29 is 4.79 Å². The lowest BCUT2D eigenvalue weighted by atomic mass is 10.2. The monoisotopic (exact) mass is 400 g/mol. The number of carbonyl (C=O) groups excluding carboxylic acids is 1. The largest absolute Gasteiger partial charge is 0.352 e. The van der Waals surface area contributed by atoms with Crippen LogP contribution in [0.1, 0.15) is 12.0 Å². The number of amides is 1. The van der Waals surface area contributed by atoms with Gasteiger partial charge in [0.1, 0.15) is 0 Å². The third-order valence-corrected chi connectivity index (χ3v) is 4.04. The zero-order valence-electron chi connectivity index (χ0n) is 13.6. The summed E-state index contributed by atoms with van der Waals surface area (Å²) >= 11 is 3.36. The summed E-state index contributed by atoms with van der Waals surface area (Å²) in [5.74, 6) is 0.421. The Labute approximate surface area is 153 Å². The van der Waals surface area contributed by atoms with Crippen LogP contribution in [0, 0.1) is 6.92 Å². The molecular formula is C17H17BrN6O. The number of aryl methyl sites for hydroxylation is 1. The van der Waals surface area contributed by atoms with Gasteiger partial charge in [-0.3, -0.25) is 4.79 Å². The van der Waals surface area contributed by atoms with Crippen LogP contribution in [0.2, 0.25) is 0 Å². The van der Waals surface area contributed by atoms with Crippen molar-refractivity contribution in [3.8, 4) is 5.69 Å². The lowest BCUT2D eigenvalue weighted by molar-refractivity contribution is -0.115. The number of halogens is 1. The van der Waals surface area contributed by atoms with E-state index in [1.165, 1.54) is 0 Å². The van der Waals surface area contributed by atoms with Crippen molar-refractivity contribution in [3.05, 3.63) is 58.6 Å². The van der Waals surface area contributed by atoms with Crippen molar-refractivity contribution in [2.75, 3.05) is 17.2 Å². The van der Waals surface area contributed by atoms with Crippen LogP contribution in [0.15, 0.2) is 53.0 Å². The molecule has 0 aliphatic carbocycles. The van der Waals surface area contributed by atoms with Crippen LogP contribution >= 0.6 is 15.9 Å². The van der Waals surface area contributed by atoms with Crippen molar-refractivity contribution in [2.45, 2.75) is 13.3 Å². The van der Waals surface area contributed by atoms with Crippen LogP contribution in [-0.2, 0) is 4.79 Å². The molecule has 0 aliphatic rings. The summed E-state index contributed by atoms with van der Waals surface area (Å²) in [7, 11) is 0.